The summed E-state index contributed by atoms with van der Waals surface area (Å²) in [4.78, 5) is 15.7. The van der Waals surface area contributed by atoms with Crippen molar-refractivity contribution in [3.63, 3.8) is 0 Å². The van der Waals surface area contributed by atoms with Crippen LogP contribution in [0, 0.1) is 10.6 Å². The molecule has 5 heteroatoms. The zero-order valence-electron chi connectivity index (χ0n) is 7.28. The summed E-state index contributed by atoms with van der Waals surface area (Å²) in [6.07, 6.45) is 3.69. The van der Waals surface area contributed by atoms with E-state index in [9.17, 15) is 4.79 Å². The fraction of sp³-hybridized carbons (Fsp3) is 0.250. The molecule has 0 aliphatic heterocycles. The van der Waals surface area contributed by atoms with Gasteiger partial charge in [-0.2, -0.15) is 0 Å². The minimum absolute atomic E-state index is 0.00880. The Morgan fingerprint density at radius 3 is 2.85 bits per heavy atom. The Balaban J connectivity index is 3.01. The van der Waals surface area contributed by atoms with Crippen LogP contribution in [0.25, 0.3) is 5.78 Å². The first-order valence-electron chi connectivity index (χ1n) is 3.80. The van der Waals surface area contributed by atoms with Gasteiger partial charge in [-0.3, -0.25) is 13.8 Å². The lowest BCUT2D eigenvalue weighted by atomic mass is 10.4. The maximum atomic E-state index is 11.5. The topological polar surface area (TPSA) is 39.3 Å². The van der Waals surface area contributed by atoms with Crippen LogP contribution in [-0.4, -0.2) is 14.0 Å². The molecule has 0 bridgehead atoms. The van der Waals surface area contributed by atoms with Crippen molar-refractivity contribution in [3.8, 4) is 0 Å². The van der Waals surface area contributed by atoms with E-state index < -0.39 is 0 Å². The normalized spacial score (nSPS) is 11.0. The van der Waals surface area contributed by atoms with Crippen LogP contribution in [0.1, 0.15) is 5.56 Å². The number of hydrogen-bond acceptors (Lipinski definition) is 2. The van der Waals surface area contributed by atoms with Crippen LogP contribution in [-0.2, 0) is 7.05 Å². The van der Waals surface area contributed by atoms with Crippen molar-refractivity contribution >= 4 is 28.4 Å². The van der Waals surface area contributed by atoms with Gasteiger partial charge in [0.05, 0.1) is 0 Å². The molecule has 2 aromatic rings. The second-order valence-electron chi connectivity index (χ2n) is 2.95. The largest absolute Gasteiger partial charge is 0.291 e. The molecule has 0 N–H and O–H groups in total. The summed E-state index contributed by atoms with van der Waals surface area (Å²) in [6, 6.07) is 0. The van der Waals surface area contributed by atoms with E-state index in [0.29, 0.717) is 5.78 Å². The average Bonchev–Trinajstić information content (AvgIpc) is 2.42. The van der Waals surface area contributed by atoms with Gasteiger partial charge in [0.25, 0.3) is 5.56 Å². The van der Waals surface area contributed by atoms with Crippen molar-refractivity contribution in [2.75, 3.05) is 0 Å². The van der Waals surface area contributed by atoms with E-state index in [1.807, 2.05) is 10.6 Å². The molecule has 0 aliphatic rings. The standard InChI is InChI=1S/C8H8IN3O/c1-5-3-12-4-6(9)10-8(12)11(2)7(5)13/h3-4H,1-2H3. The Hall–Kier alpha value is -0.850. The van der Waals surface area contributed by atoms with Gasteiger partial charge in [-0.1, -0.05) is 0 Å². The van der Waals surface area contributed by atoms with Crippen molar-refractivity contribution in [2.45, 2.75) is 6.92 Å². The van der Waals surface area contributed by atoms with Crippen molar-refractivity contribution in [1.29, 1.82) is 0 Å². The zero-order valence-corrected chi connectivity index (χ0v) is 9.44. The van der Waals surface area contributed by atoms with E-state index >= 15 is 0 Å². The van der Waals surface area contributed by atoms with Crippen molar-refractivity contribution in [3.05, 3.63) is 32.0 Å². The summed E-state index contributed by atoms with van der Waals surface area (Å²) >= 11 is 2.13. The van der Waals surface area contributed by atoms with E-state index in [-0.39, 0.29) is 5.56 Å². The van der Waals surface area contributed by atoms with Crippen molar-refractivity contribution in [2.24, 2.45) is 7.05 Å². The van der Waals surface area contributed by atoms with Gasteiger partial charge in [0.1, 0.15) is 3.70 Å². The third-order valence-corrected chi connectivity index (χ3v) is 2.48. The van der Waals surface area contributed by atoms with Gasteiger partial charge >= 0.3 is 0 Å². The SMILES string of the molecule is Cc1cn2cc(I)nc2n(C)c1=O. The van der Waals surface area contributed by atoms with Crippen LogP contribution < -0.4 is 5.56 Å². The van der Waals surface area contributed by atoms with Crippen LogP contribution >= 0.6 is 22.6 Å². The smallest absolute Gasteiger partial charge is 0.257 e. The van der Waals surface area contributed by atoms with Gasteiger partial charge in [-0.15, -0.1) is 0 Å². The highest BCUT2D eigenvalue weighted by atomic mass is 127. The summed E-state index contributed by atoms with van der Waals surface area (Å²) < 4.78 is 4.30. The third kappa shape index (κ3) is 1.27. The molecule has 13 heavy (non-hydrogen) atoms. The van der Waals surface area contributed by atoms with Gasteiger partial charge in [0.2, 0.25) is 5.78 Å². The van der Waals surface area contributed by atoms with Crippen molar-refractivity contribution in [1.82, 2.24) is 14.0 Å². The van der Waals surface area contributed by atoms with E-state index in [2.05, 4.69) is 27.6 Å². The highest BCUT2D eigenvalue weighted by Gasteiger charge is 2.05. The number of imidazole rings is 1. The minimum atomic E-state index is 0.00880. The van der Waals surface area contributed by atoms with E-state index in [1.54, 1.807) is 24.7 Å². The fourth-order valence-electron chi connectivity index (χ4n) is 1.32. The van der Waals surface area contributed by atoms with Gasteiger partial charge in [-0.25, -0.2) is 4.98 Å². The number of fused-ring (bicyclic) bond motifs is 1. The molecule has 0 amide bonds. The number of aromatic nitrogens is 3. The van der Waals surface area contributed by atoms with Crippen molar-refractivity contribution < 1.29 is 0 Å². The van der Waals surface area contributed by atoms with E-state index in [4.69, 9.17) is 0 Å². The highest BCUT2D eigenvalue weighted by Crippen LogP contribution is 2.05. The Morgan fingerprint density at radius 1 is 1.46 bits per heavy atom. The summed E-state index contributed by atoms with van der Waals surface area (Å²) in [7, 11) is 1.73. The maximum Gasteiger partial charge on any atom is 0.257 e. The fourth-order valence-corrected chi connectivity index (χ4v) is 1.83. The maximum absolute atomic E-state index is 11.5. The third-order valence-electron chi connectivity index (χ3n) is 1.96. The molecule has 0 fully saturated rings. The summed E-state index contributed by atoms with van der Waals surface area (Å²) in [5.41, 5.74) is 0.735. The summed E-state index contributed by atoms with van der Waals surface area (Å²) in [5.74, 6) is 0.681. The van der Waals surface area contributed by atoms with Gasteiger partial charge < -0.3 is 0 Å². The first-order chi connectivity index (χ1) is 6.09. The van der Waals surface area contributed by atoms with E-state index in [0.717, 1.165) is 9.26 Å². The second-order valence-corrected chi connectivity index (χ2v) is 4.05. The number of hydrogen-bond donors (Lipinski definition) is 0. The molecule has 0 saturated heterocycles. The lowest BCUT2D eigenvalue weighted by Crippen LogP contribution is -2.21. The molecule has 4 nitrogen and oxygen atoms in total. The lowest BCUT2D eigenvalue weighted by molar-refractivity contribution is 0.829. The summed E-state index contributed by atoms with van der Waals surface area (Å²) in [5, 5.41) is 0. The first kappa shape index (κ1) is 8.74. The zero-order chi connectivity index (χ0) is 9.59. The van der Waals surface area contributed by atoms with Gasteiger partial charge in [0.15, 0.2) is 0 Å². The highest BCUT2D eigenvalue weighted by molar-refractivity contribution is 14.1. The van der Waals surface area contributed by atoms with Crippen LogP contribution in [0.4, 0.5) is 0 Å². The molecule has 0 aromatic carbocycles. The number of nitrogens with zero attached hydrogens (tertiary/aromatic N) is 3. The molecule has 68 valence electrons. The Bertz CT molecular complexity index is 526. The number of aryl methyl sites for hydroxylation is 2. The molecule has 0 saturated carbocycles. The Morgan fingerprint density at radius 2 is 2.15 bits per heavy atom. The second kappa shape index (κ2) is 2.83. The predicted molar refractivity (Wildman–Crippen MR) is 57.9 cm³/mol. The number of rotatable bonds is 0. The molecule has 2 aromatic heterocycles. The quantitative estimate of drug-likeness (QED) is 0.677. The Labute approximate surface area is 88.4 Å². The summed E-state index contributed by atoms with van der Waals surface area (Å²) in [6.45, 7) is 1.80. The molecule has 2 heterocycles. The molecule has 2 rings (SSSR count). The predicted octanol–water partition coefficient (Wildman–Crippen LogP) is 0.946. The molecule has 0 radical (unpaired) electrons. The molecule has 0 atom stereocenters. The van der Waals surface area contributed by atoms with Crippen LogP contribution in [0.5, 0.6) is 0 Å². The van der Waals surface area contributed by atoms with Gasteiger partial charge in [-0.05, 0) is 29.5 Å². The average molecular weight is 289 g/mol. The molecule has 0 unspecified atom stereocenters. The molecule has 0 aliphatic carbocycles. The number of halogens is 1. The molecule has 0 spiro atoms. The van der Waals surface area contributed by atoms with Crippen LogP contribution in [0.3, 0.4) is 0 Å². The van der Waals surface area contributed by atoms with E-state index in [1.165, 1.54) is 0 Å². The monoisotopic (exact) mass is 289 g/mol. The van der Waals surface area contributed by atoms with Gasteiger partial charge in [0, 0.05) is 25.0 Å². The van der Waals surface area contributed by atoms with Crippen LogP contribution in [0.2, 0.25) is 0 Å². The minimum Gasteiger partial charge on any atom is -0.291 e. The first-order valence-corrected chi connectivity index (χ1v) is 4.88. The molecular weight excluding hydrogens is 281 g/mol. The molecular formula is C8H8IN3O. The lowest BCUT2D eigenvalue weighted by Gasteiger charge is -2.01. The van der Waals surface area contributed by atoms with Crippen LogP contribution in [0.15, 0.2) is 17.2 Å². The Kier molecular flexibility index (Phi) is 1.90.